The lowest BCUT2D eigenvalue weighted by molar-refractivity contribution is 0.475. The van der Waals surface area contributed by atoms with Gasteiger partial charge in [-0.2, -0.15) is 5.10 Å². The molecule has 0 aliphatic rings. The van der Waals surface area contributed by atoms with Crippen molar-refractivity contribution >= 4 is 0 Å². The molecular formula is C21H17N3O. The number of phenolic OH excluding ortho intramolecular Hbond substituents is 1. The van der Waals surface area contributed by atoms with Gasteiger partial charge in [0, 0.05) is 11.1 Å². The summed E-state index contributed by atoms with van der Waals surface area (Å²) in [7, 11) is 0. The molecule has 2 N–H and O–H groups in total. The maximum absolute atomic E-state index is 9.37. The molecule has 0 saturated heterocycles. The molecule has 0 radical (unpaired) electrons. The quantitative estimate of drug-likeness (QED) is 0.567. The molecule has 4 nitrogen and oxygen atoms in total. The van der Waals surface area contributed by atoms with Crippen molar-refractivity contribution < 1.29 is 5.11 Å². The summed E-state index contributed by atoms with van der Waals surface area (Å²) in [6.45, 7) is 2.09. The van der Waals surface area contributed by atoms with Gasteiger partial charge in [0.05, 0.1) is 0 Å². The number of aromatic hydroxyl groups is 1. The number of rotatable bonds is 3. The largest absolute Gasteiger partial charge is 0.508 e. The Kier molecular flexibility index (Phi) is 3.78. The van der Waals surface area contributed by atoms with Gasteiger partial charge in [0.25, 0.3) is 0 Å². The van der Waals surface area contributed by atoms with Gasteiger partial charge >= 0.3 is 0 Å². The minimum Gasteiger partial charge on any atom is -0.508 e. The molecule has 0 atom stereocenters. The molecule has 0 saturated carbocycles. The van der Waals surface area contributed by atoms with Gasteiger partial charge in [0.2, 0.25) is 0 Å². The zero-order chi connectivity index (χ0) is 17.2. The second kappa shape index (κ2) is 6.24. The van der Waals surface area contributed by atoms with Crippen molar-refractivity contribution in [2.45, 2.75) is 6.92 Å². The fourth-order valence-corrected chi connectivity index (χ4v) is 2.70. The SMILES string of the molecule is Cc1ccc(-c2ccc(-c3nc(-c4ccc(O)cc4)n[nH]3)cc2)cc1. The summed E-state index contributed by atoms with van der Waals surface area (Å²) in [6.07, 6.45) is 0. The second-order valence-corrected chi connectivity index (χ2v) is 6.00. The van der Waals surface area contributed by atoms with Crippen molar-refractivity contribution in [1.82, 2.24) is 15.2 Å². The zero-order valence-electron chi connectivity index (χ0n) is 13.8. The smallest absolute Gasteiger partial charge is 0.181 e. The summed E-state index contributed by atoms with van der Waals surface area (Å²) < 4.78 is 0. The van der Waals surface area contributed by atoms with E-state index in [1.54, 1.807) is 24.3 Å². The number of nitrogens with zero attached hydrogens (tertiary/aromatic N) is 2. The van der Waals surface area contributed by atoms with Crippen LogP contribution in [-0.2, 0) is 0 Å². The van der Waals surface area contributed by atoms with Crippen molar-refractivity contribution in [2.24, 2.45) is 0 Å². The van der Waals surface area contributed by atoms with Crippen molar-refractivity contribution in [2.75, 3.05) is 0 Å². The topological polar surface area (TPSA) is 61.8 Å². The summed E-state index contributed by atoms with van der Waals surface area (Å²) in [4.78, 5) is 4.55. The first-order chi connectivity index (χ1) is 12.2. The van der Waals surface area contributed by atoms with Gasteiger partial charge in [0.1, 0.15) is 5.75 Å². The number of aromatic nitrogens is 3. The molecule has 4 aromatic rings. The molecule has 4 rings (SSSR count). The van der Waals surface area contributed by atoms with E-state index < -0.39 is 0 Å². The summed E-state index contributed by atoms with van der Waals surface area (Å²) in [6, 6.07) is 23.6. The van der Waals surface area contributed by atoms with Crippen LogP contribution < -0.4 is 0 Å². The maximum Gasteiger partial charge on any atom is 0.181 e. The summed E-state index contributed by atoms with van der Waals surface area (Å²) in [5.74, 6) is 1.56. The van der Waals surface area contributed by atoms with Gasteiger partial charge in [-0.05, 0) is 42.3 Å². The van der Waals surface area contributed by atoms with Gasteiger partial charge < -0.3 is 5.11 Å². The Morgan fingerprint density at radius 1 is 0.680 bits per heavy atom. The Balaban J connectivity index is 1.60. The number of nitrogens with one attached hydrogen (secondary N) is 1. The molecule has 0 spiro atoms. The maximum atomic E-state index is 9.37. The normalized spacial score (nSPS) is 10.8. The molecule has 0 fully saturated rings. The number of hydrogen-bond donors (Lipinski definition) is 2. The van der Waals surface area contributed by atoms with Crippen LogP contribution in [0.15, 0.2) is 72.8 Å². The van der Waals surface area contributed by atoms with Crippen molar-refractivity contribution in [3.05, 3.63) is 78.4 Å². The third-order valence-electron chi connectivity index (χ3n) is 4.15. The first-order valence-corrected chi connectivity index (χ1v) is 8.08. The van der Waals surface area contributed by atoms with E-state index >= 15 is 0 Å². The third kappa shape index (κ3) is 3.15. The Labute approximate surface area is 145 Å². The number of hydrogen-bond acceptors (Lipinski definition) is 3. The predicted octanol–water partition coefficient (Wildman–Crippen LogP) is 4.82. The van der Waals surface area contributed by atoms with E-state index in [2.05, 4.69) is 58.5 Å². The van der Waals surface area contributed by atoms with Crippen LogP contribution in [-0.4, -0.2) is 20.3 Å². The molecule has 0 bridgehead atoms. The fourth-order valence-electron chi connectivity index (χ4n) is 2.70. The monoisotopic (exact) mass is 327 g/mol. The van der Waals surface area contributed by atoms with Gasteiger partial charge in [-0.25, -0.2) is 4.98 Å². The van der Waals surface area contributed by atoms with Crippen LogP contribution >= 0.6 is 0 Å². The zero-order valence-corrected chi connectivity index (χ0v) is 13.8. The van der Waals surface area contributed by atoms with Crippen LogP contribution in [0.4, 0.5) is 0 Å². The summed E-state index contributed by atoms with van der Waals surface area (Å²) in [5.41, 5.74) is 5.45. The fraction of sp³-hybridized carbons (Fsp3) is 0.0476. The van der Waals surface area contributed by atoms with E-state index in [4.69, 9.17) is 0 Å². The van der Waals surface area contributed by atoms with Crippen molar-refractivity contribution in [1.29, 1.82) is 0 Å². The van der Waals surface area contributed by atoms with E-state index in [-0.39, 0.29) is 5.75 Å². The summed E-state index contributed by atoms with van der Waals surface area (Å²) >= 11 is 0. The average Bonchev–Trinajstić information content (AvgIpc) is 3.13. The number of aromatic amines is 1. The van der Waals surface area contributed by atoms with E-state index in [1.807, 2.05) is 12.1 Å². The molecule has 4 heteroatoms. The predicted molar refractivity (Wildman–Crippen MR) is 99.1 cm³/mol. The van der Waals surface area contributed by atoms with Crippen LogP contribution in [0.3, 0.4) is 0 Å². The molecule has 0 aliphatic heterocycles. The average molecular weight is 327 g/mol. The number of H-pyrrole nitrogens is 1. The molecule has 25 heavy (non-hydrogen) atoms. The Hall–Kier alpha value is -3.40. The summed E-state index contributed by atoms with van der Waals surface area (Å²) in [5, 5.41) is 16.6. The Morgan fingerprint density at radius 3 is 1.84 bits per heavy atom. The third-order valence-corrected chi connectivity index (χ3v) is 4.15. The highest BCUT2D eigenvalue weighted by Gasteiger charge is 2.08. The lowest BCUT2D eigenvalue weighted by atomic mass is 10.0. The van der Waals surface area contributed by atoms with Crippen LogP contribution in [0.1, 0.15) is 5.56 Å². The Morgan fingerprint density at radius 2 is 1.20 bits per heavy atom. The lowest BCUT2D eigenvalue weighted by Gasteiger charge is -2.03. The molecule has 1 aromatic heterocycles. The van der Waals surface area contributed by atoms with Gasteiger partial charge in [0.15, 0.2) is 11.6 Å². The molecule has 0 amide bonds. The number of aryl methyl sites for hydroxylation is 1. The number of phenols is 1. The standard InChI is InChI=1S/C21H17N3O/c1-14-2-4-15(5-3-14)16-6-8-17(9-7-16)20-22-21(24-23-20)18-10-12-19(25)13-11-18/h2-13,25H,1H3,(H,22,23,24). The van der Waals surface area contributed by atoms with E-state index in [0.29, 0.717) is 5.82 Å². The molecule has 122 valence electrons. The lowest BCUT2D eigenvalue weighted by Crippen LogP contribution is -1.83. The van der Waals surface area contributed by atoms with Gasteiger partial charge in [-0.3, -0.25) is 5.10 Å². The second-order valence-electron chi connectivity index (χ2n) is 6.00. The van der Waals surface area contributed by atoms with Gasteiger partial charge in [-0.15, -0.1) is 0 Å². The van der Waals surface area contributed by atoms with Crippen LogP contribution in [0.2, 0.25) is 0 Å². The minimum atomic E-state index is 0.228. The molecule has 3 aromatic carbocycles. The molecule has 0 aliphatic carbocycles. The van der Waals surface area contributed by atoms with E-state index in [9.17, 15) is 5.11 Å². The molecule has 1 heterocycles. The highest BCUT2D eigenvalue weighted by molar-refractivity contribution is 5.68. The first kappa shape index (κ1) is 15.1. The van der Waals surface area contributed by atoms with Crippen LogP contribution in [0.25, 0.3) is 33.9 Å². The van der Waals surface area contributed by atoms with Crippen molar-refractivity contribution in [3.63, 3.8) is 0 Å². The van der Waals surface area contributed by atoms with Crippen LogP contribution in [0, 0.1) is 6.92 Å². The van der Waals surface area contributed by atoms with Crippen LogP contribution in [0.5, 0.6) is 5.75 Å². The van der Waals surface area contributed by atoms with E-state index in [0.717, 1.165) is 17.0 Å². The highest BCUT2D eigenvalue weighted by atomic mass is 16.3. The Bertz CT molecular complexity index is 985. The van der Waals surface area contributed by atoms with Crippen molar-refractivity contribution in [3.8, 4) is 39.7 Å². The van der Waals surface area contributed by atoms with E-state index in [1.165, 1.54) is 16.7 Å². The minimum absolute atomic E-state index is 0.228. The first-order valence-electron chi connectivity index (χ1n) is 8.08. The number of benzene rings is 3. The highest BCUT2D eigenvalue weighted by Crippen LogP contribution is 2.25. The molecule has 0 unspecified atom stereocenters. The van der Waals surface area contributed by atoms with Gasteiger partial charge in [-0.1, -0.05) is 54.1 Å². The molecular weight excluding hydrogens is 310 g/mol.